The van der Waals surface area contributed by atoms with Crippen LogP contribution in [0.2, 0.25) is 5.02 Å². The third-order valence-electron chi connectivity index (χ3n) is 5.58. The van der Waals surface area contributed by atoms with E-state index < -0.39 is 16.1 Å². The highest BCUT2D eigenvalue weighted by Gasteiger charge is 2.27. The van der Waals surface area contributed by atoms with Gasteiger partial charge in [0.15, 0.2) is 6.61 Å². The molecule has 0 unspecified atom stereocenters. The minimum absolute atomic E-state index is 0.146. The van der Waals surface area contributed by atoms with E-state index in [1.54, 1.807) is 31.2 Å². The van der Waals surface area contributed by atoms with Gasteiger partial charge in [-0.3, -0.25) is 9.59 Å². The highest BCUT2D eigenvalue weighted by molar-refractivity contribution is 7.89. The molecule has 1 heterocycles. The number of morpholine rings is 1. The molecule has 1 aliphatic rings. The number of hydrogen-bond acceptors (Lipinski definition) is 6. The van der Waals surface area contributed by atoms with Gasteiger partial charge in [0.05, 0.1) is 18.1 Å². The molecular formula is C24H30ClN3O6S. The fourth-order valence-electron chi connectivity index (χ4n) is 3.56. The third-order valence-corrected chi connectivity index (χ3v) is 7.74. The summed E-state index contributed by atoms with van der Waals surface area (Å²) in [5, 5.41) is 3.31. The van der Waals surface area contributed by atoms with Crippen LogP contribution in [0.4, 0.5) is 0 Å². The fourth-order valence-corrected chi connectivity index (χ4v) is 5.10. The Kier molecular flexibility index (Phi) is 9.50. The lowest BCUT2D eigenvalue weighted by Gasteiger charge is -2.28. The molecule has 0 aromatic heterocycles. The van der Waals surface area contributed by atoms with Crippen molar-refractivity contribution in [3.05, 3.63) is 59.1 Å². The molecule has 1 fully saturated rings. The number of nitrogens with zero attached hydrogens (tertiary/aromatic N) is 2. The number of carbonyl (C=O) groups excluding carboxylic acids is 2. The first-order valence-electron chi connectivity index (χ1n) is 11.3. The van der Waals surface area contributed by atoms with E-state index in [-0.39, 0.29) is 29.9 Å². The van der Waals surface area contributed by atoms with Crippen molar-refractivity contribution in [1.82, 2.24) is 14.5 Å². The van der Waals surface area contributed by atoms with Gasteiger partial charge < -0.3 is 19.7 Å². The summed E-state index contributed by atoms with van der Waals surface area (Å²) in [4.78, 5) is 27.1. The van der Waals surface area contributed by atoms with Gasteiger partial charge in [-0.1, -0.05) is 23.7 Å². The summed E-state index contributed by atoms with van der Waals surface area (Å²) in [6.07, 6.45) is 0. The summed E-state index contributed by atoms with van der Waals surface area (Å²) in [6, 6.07) is 12.2. The Hall–Kier alpha value is -2.66. The molecule has 2 amide bonds. The lowest BCUT2D eigenvalue weighted by atomic mass is 10.1. The molecule has 0 aliphatic carbocycles. The number of benzene rings is 2. The van der Waals surface area contributed by atoms with Crippen molar-refractivity contribution in [2.45, 2.75) is 31.3 Å². The zero-order valence-corrected chi connectivity index (χ0v) is 21.3. The highest BCUT2D eigenvalue weighted by Crippen LogP contribution is 2.21. The largest absolute Gasteiger partial charge is 0.484 e. The molecule has 1 aliphatic heterocycles. The second-order valence-electron chi connectivity index (χ2n) is 8.00. The summed E-state index contributed by atoms with van der Waals surface area (Å²) in [6.45, 7) is 5.15. The molecule has 0 radical (unpaired) electrons. The van der Waals surface area contributed by atoms with Crippen LogP contribution in [0.5, 0.6) is 5.75 Å². The standard InChI is InChI=1S/C24H30ClN3O6S/c1-3-26-24(30)18(2)28(16-19-4-6-20(25)7-5-19)23(29)17-34-21-8-10-22(11-9-21)35(31,32)27-12-14-33-15-13-27/h4-11,18H,3,12-17H2,1-2H3,(H,26,30)/t18-/m0/s1. The highest BCUT2D eigenvalue weighted by atomic mass is 35.5. The van der Waals surface area contributed by atoms with Crippen molar-refractivity contribution in [2.75, 3.05) is 39.5 Å². The van der Waals surface area contributed by atoms with Crippen LogP contribution in [0, 0.1) is 0 Å². The quantitative estimate of drug-likeness (QED) is 0.512. The maximum Gasteiger partial charge on any atom is 0.261 e. The maximum atomic E-state index is 13.1. The van der Waals surface area contributed by atoms with Crippen LogP contribution in [0.15, 0.2) is 53.4 Å². The van der Waals surface area contributed by atoms with Gasteiger partial charge in [-0.15, -0.1) is 0 Å². The van der Waals surface area contributed by atoms with Crippen LogP contribution in [0.1, 0.15) is 19.4 Å². The van der Waals surface area contributed by atoms with Gasteiger partial charge in [-0.05, 0) is 55.8 Å². The second kappa shape index (κ2) is 12.3. The Labute approximate surface area is 211 Å². The average molecular weight is 524 g/mol. The van der Waals surface area contributed by atoms with Crippen LogP contribution < -0.4 is 10.1 Å². The zero-order valence-electron chi connectivity index (χ0n) is 19.8. The monoisotopic (exact) mass is 523 g/mol. The molecule has 11 heteroatoms. The van der Waals surface area contributed by atoms with Gasteiger partial charge in [-0.25, -0.2) is 8.42 Å². The Morgan fingerprint density at radius 2 is 1.74 bits per heavy atom. The Balaban J connectivity index is 1.67. The van der Waals surface area contributed by atoms with E-state index in [4.69, 9.17) is 21.1 Å². The van der Waals surface area contributed by atoms with E-state index in [9.17, 15) is 18.0 Å². The minimum Gasteiger partial charge on any atom is -0.484 e. The van der Waals surface area contributed by atoms with Gasteiger partial charge in [-0.2, -0.15) is 4.31 Å². The third kappa shape index (κ3) is 7.17. The van der Waals surface area contributed by atoms with Crippen LogP contribution >= 0.6 is 11.6 Å². The maximum absolute atomic E-state index is 13.1. The van der Waals surface area contributed by atoms with E-state index in [0.29, 0.717) is 43.6 Å². The summed E-state index contributed by atoms with van der Waals surface area (Å²) in [5.41, 5.74) is 0.816. The number of rotatable bonds is 10. The summed E-state index contributed by atoms with van der Waals surface area (Å²) in [5.74, 6) is -0.312. The van der Waals surface area contributed by atoms with E-state index in [1.807, 2.05) is 6.92 Å². The Morgan fingerprint density at radius 1 is 1.11 bits per heavy atom. The number of ether oxygens (including phenoxy) is 2. The molecule has 2 aromatic carbocycles. The zero-order chi connectivity index (χ0) is 25.4. The van der Waals surface area contributed by atoms with Gasteiger partial charge >= 0.3 is 0 Å². The molecule has 0 bridgehead atoms. The van der Waals surface area contributed by atoms with Gasteiger partial charge in [0.1, 0.15) is 11.8 Å². The summed E-state index contributed by atoms with van der Waals surface area (Å²) < 4.78 is 37.8. The topological polar surface area (TPSA) is 105 Å². The van der Waals surface area contributed by atoms with Crippen LogP contribution in [0.3, 0.4) is 0 Å². The molecule has 2 aromatic rings. The number of halogens is 1. The first-order valence-corrected chi connectivity index (χ1v) is 13.2. The van der Waals surface area contributed by atoms with E-state index >= 15 is 0 Å². The number of carbonyl (C=O) groups is 2. The van der Waals surface area contributed by atoms with Crippen molar-refractivity contribution in [2.24, 2.45) is 0 Å². The number of likely N-dealkylation sites (N-methyl/N-ethyl adjacent to an activating group) is 1. The molecule has 0 saturated carbocycles. The summed E-state index contributed by atoms with van der Waals surface area (Å²) >= 11 is 5.96. The van der Waals surface area contributed by atoms with E-state index in [2.05, 4.69) is 5.32 Å². The van der Waals surface area contributed by atoms with Gasteiger partial charge in [0, 0.05) is 31.2 Å². The van der Waals surface area contributed by atoms with Gasteiger partial charge in [0.25, 0.3) is 5.91 Å². The predicted octanol–water partition coefficient (Wildman–Crippen LogP) is 2.29. The molecule has 0 spiro atoms. The van der Waals surface area contributed by atoms with Crippen LogP contribution in [-0.2, 0) is 30.9 Å². The number of sulfonamides is 1. The molecule has 1 atom stereocenters. The lowest BCUT2D eigenvalue weighted by molar-refractivity contribution is -0.142. The summed E-state index contributed by atoms with van der Waals surface area (Å²) in [7, 11) is -3.62. The molecule has 1 saturated heterocycles. The minimum atomic E-state index is -3.62. The number of hydrogen-bond donors (Lipinski definition) is 1. The molecule has 190 valence electrons. The first-order chi connectivity index (χ1) is 16.7. The second-order valence-corrected chi connectivity index (χ2v) is 10.4. The first kappa shape index (κ1) is 26.9. The SMILES string of the molecule is CCNC(=O)[C@H](C)N(Cc1ccc(Cl)cc1)C(=O)COc1ccc(S(=O)(=O)N2CCOCC2)cc1. The predicted molar refractivity (Wildman–Crippen MR) is 132 cm³/mol. The van der Waals surface area contributed by atoms with Crippen LogP contribution in [-0.4, -0.2) is 74.9 Å². The molecule has 1 N–H and O–H groups in total. The lowest BCUT2D eigenvalue weighted by Crippen LogP contribution is -2.49. The van der Waals surface area contributed by atoms with E-state index in [1.165, 1.54) is 33.5 Å². The van der Waals surface area contributed by atoms with Crippen molar-refractivity contribution in [1.29, 1.82) is 0 Å². The van der Waals surface area contributed by atoms with Crippen molar-refractivity contribution >= 4 is 33.4 Å². The fraction of sp³-hybridized carbons (Fsp3) is 0.417. The Bertz CT molecular complexity index is 1100. The van der Waals surface area contributed by atoms with Crippen molar-refractivity contribution in [3.8, 4) is 5.75 Å². The van der Waals surface area contributed by atoms with Crippen molar-refractivity contribution < 1.29 is 27.5 Å². The smallest absolute Gasteiger partial charge is 0.261 e. The van der Waals surface area contributed by atoms with Crippen molar-refractivity contribution in [3.63, 3.8) is 0 Å². The normalized spacial score (nSPS) is 15.3. The number of amides is 2. The molecule has 35 heavy (non-hydrogen) atoms. The number of nitrogens with one attached hydrogen (secondary N) is 1. The van der Waals surface area contributed by atoms with E-state index in [0.717, 1.165) is 5.56 Å². The molecule has 3 rings (SSSR count). The van der Waals surface area contributed by atoms with Crippen LogP contribution in [0.25, 0.3) is 0 Å². The molecule has 9 nitrogen and oxygen atoms in total. The average Bonchev–Trinajstić information content (AvgIpc) is 2.87. The molecular weight excluding hydrogens is 494 g/mol. The van der Waals surface area contributed by atoms with Gasteiger partial charge in [0.2, 0.25) is 15.9 Å². The Morgan fingerprint density at radius 3 is 2.34 bits per heavy atom.